The van der Waals surface area contributed by atoms with Crippen LogP contribution in [0.1, 0.15) is 19.8 Å². The Morgan fingerprint density at radius 3 is 2.71 bits per heavy atom. The topological polar surface area (TPSA) is 93.5 Å². The highest BCUT2D eigenvalue weighted by molar-refractivity contribution is 7.89. The van der Waals surface area contributed by atoms with Gasteiger partial charge in [-0.1, -0.05) is 6.92 Å². The van der Waals surface area contributed by atoms with Gasteiger partial charge in [0.05, 0.1) is 16.3 Å². The Morgan fingerprint density at radius 1 is 1.33 bits per heavy atom. The van der Waals surface area contributed by atoms with Crippen LogP contribution in [0.5, 0.6) is 0 Å². The first-order valence-electron chi connectivity index (χ1n) is 7.23. The van der Waals surface area contributed by atoms with Crippen LogP contribution < -0.4 is 15.8 Å². The Kier molecular flexibility index (Phi) is 5.44. The van der Waals surface area contributed by atoms with E-state index in [1.54, 1.807) is 19.1 Å². The molecule has 1 aliphatic rings. The highest BCUT2D eigenvalue weighted by atomic mass is 32.2. The molecule has 1 aromatic rings. The average molecular weight is 313 g/mol. The molecule has 4 N–H and O–H groups in total. The van der Waals surface area contributed by atoms with Gasteiger partial charge in [-0.25, -0.2) is 13.1 Å². The molecule has 0 amide bonds. The van der Waals surface area contributed by atoms with E-state index in [0.29, 0.717) is 23.8 Å². The maximum absolute atomic E-state index is 12.0. The molecule has 7 heteroatoms. The first-order chi connectivity index (χ1) is 10.0. The highest BCUT2D eigenvalue weighted by Crippen LogP contribution is 2.24. The third kappa shape index (κ3) is 4.33. The van der Waals surface area contributed by atoms with Crippen LogP contribution in [0.2, 0.25) is 0 Å². The quantitative estimate of drug-likeness (QED) is 0.690. The zero-order valence-electron chi connectivity index (χ0n) is 12.3. The second-order valence-corrected chi connectivity index (χ2v) is 6.95. The lowest BCUT2D eigenvalue weighted by atomic mass is 10.0. The van der Waals surface area contributed by atoms with E-state index in [0.717, 1.165) is 32.6 Å². The van der Waals surface area contributed by atoms with Gasteiger partial charge in [0.15, 0.2) is 0 Å². The summed E-state index contributed by atoms with van der Waals surface area (Å²) in [5.74, 6) is 0.534. The summed E-state index contributed by atoms with van der Waals surface area (Å²) in [6, 6.07) is 4.73. The Hall–Kier alpha value is -1.31. The van der Waals surface area contributed by atoms with Gasteiger partial charge >= 0.3 is 0 Å². The summed E-state index contributed by atoms with van der Waals surface area (Å²) in [6.45, 7) is 4.46. The fraction of sp³-hybridized carbons (Fsp3) is 0.571. The van der Waals surface area contributed by atoms with Crippen molar-refractivity contribution in [3.63, 3.8) is 0 Å². The molecule has 6 nitrogen and oxygen atoms in total. The number of rotatable bonds is 6. The summed E-state index contributed by atoms with van der Waals surface area (Å²) in [5, 5.41) is 3.26. The minimum atomic E-state index is -3.46. The van der Waals surface area contributed by atoms with E-state index in [1.165, 1.54) is 6.07 Å². The molecule has 1 aliphatic heterocycles. The van der Waals surface area contributed by atoms with E-state index in [-0.39, 0.29) is 4.90 Å². The molecular weight excluding hydrogens is 290 g/mol. The fourth-order valence-electron chi connectivity index (χ4n) is 2.33. The number of hydrogen-bond acceptors (Lipinski definition) is 5. The molecular formula is C14H23N3O3S. The average Bonchev–Trinajstić information content (AvgIpc) is 2.47. The lowest BCUT2D eigenvalue weighted by molar-refractivity contribution is 0.0699. The molecule has 0 saturated carbocycles. The van der Waals surface area contributed by atoms with Crippen LogP contribution in [0, 0.1) is 5.92 Å². The first-order valence-corrected chi connectivity index (χ1v) is 8.72. The Balaban J connectivity index is 2.08. The van der Waals surface area contributed by atoms with Crippen LogP contribution in [-0.4, -0.2) is 34.7 Å². The molecule has 0 aliphatic carbocycles. The molecule has 0 atom stereocenters. The van der Waals surface area contributed by atoms with Crippen molar-refractivity contribution in [1.29, 1.82) is 0 Å². The second-order valence-electron chi connectivity index (χ2n) is 5.19. The van der Waals surface area contributed by atoms with E-state index < -0.39 is 10.0 Å². The number of nitrogens with two attached hydrogens (primary N) is 1. The molecule has 0 unspecified atom stereocenters. The van der Waals surface area contributed by atoms with Gasteiger partial charge in [0.1, 0.15) is 0 Å². The molecule has 0 spiro atoms. The number of nitrogen functional groups attached to an aromatic ring is 1. The summed E-state index contributed by atoms with van der Waals surface area (Å²) in [5.41, 5.74) is 7.14. The first kappa shape index (κ1) is 16.1. The third-order valence-electron chi connectivity index (χ3n) is 3.59. The summed E-state index contributed by atoms with van der Waals surface area (Å²) < 4.78 is 31.8. The van der Waals surface area contributed by atoms with Crippen molar-refractivity contribution < 1.29 is 13.2 Å². The third-order valence-corrected chi connectivity index (χ3v) is 5.13. The maximum atomic E-state index is 12.0. The number of sulfonamides is 1. The molecule has 1 saturated heterocycles. The van der Waals surface area contributed by atoms with Crippen LogP contribution in [0.15, 0.2) is 23.1 Å². The lowest BCUT2D eigenvalue weighted by Crippen LogP contribution is -2.24. The molecule has 118 valence electrons. The van der Waals surface area contributed by atoms with Gasteiger partial charge in [-0.15, -0.1) is 0 Å². The predicted molar refractivity (Wildman–Crippen MR) is 83.7 cm³/mol. The molecule has 1 fully saturated rings. The minimum Gasteiger partial charge on any atom is -0.397 e. The van der Waals surface area contributed by atoms with Gasteiger partial charge < -0.3 is 15.8 Å². The molecule has 21 heavy (non-hydrogen) atoms. The van der Waals surface area contributed by atoms with Crippen LogP contribution >= 0.6 is 0 Å². The van der Waals surface area contributed by atoms with Crippen molar-refractivity contribution in [2.24, 2.45) is 5.92 Å². The van der Waals surface area contributed by atoms with Gasteiger partial charge in [0.25, 0.3) is 0 Å². The van der Waals surface area contributed by atoms with Gasteiger partial charge in [-0.2, -0.15) is 0 Å². The Morgan fingerprint density at radius 2 is 2.05 bits per heavy atom. The van der Waals surface area contributed by atoms with E-state index in [1.807, 2.05) is 0 Å². The zero-order chi connectivity index (χ0) is 15.3. The minimum absolute atomic E-state index is 0.230. The van der Waals surface area contributed by atoms with Crippen molar-refractivity contribution in [2.75, 3.05) is 37.4 Å². The van der Waals surface area contributed by atoms with Crippen molar-refractivity contribution >= 4 is 21.4 Å². The molecule has 1 aromatic carbocycles. The zero-order valence-corrected chi connectivity index (χ0v) is 13.1. The van der Waals surface area contributed by atoms with Gasteiger partial charge in [0.2, 0.25) is 10.0 Å². The monoisotopic (exact) mass is 313 g/mol. The number of benzene rings is 1. The van der Waals surface area contributed by atoms with Crippen LogP contribution in [-0.2, 0) is 14.8 Å². The number of hydrogen-bond donors (Lipinski definition) is 3. The van der Waals surface area contributed by atoms with E-state index in [2.05, 4.69) is 10.0 Å². The standard InChI is InChI=1S/C14H23N3O3S/c1-2-17-21(18,19)12-3-4-13(15)14(9-12)16-10-11-5-7-20-8-6-11/h3-4,9,11,16-17H,2,5-8,10,15H2,1H3. The van der Waals surface area contributed by atoms with Crippen molar-refractivity contribution in [3.8, 4) is 0 Å². The number of nitrogens with one attached hydrogen (secondary N) is 2. The SMILES string of the molecule is CCNS(=O)(=O)c1ccc(N)c(NCC2CCOCC2)c1. The molecule has 2 rings (SSSR count). The summed E-state index contributed by atoms with van der Waals surface area (Å²) in [4.78, 5) is 0.230. The van der Waals surface area contributed by atoms with E-state index >= 15 is 0 Å². The van der Waals surface area contributed by atoms with Crippen LogP contribution in [0.3, 0.4) is 0 Å². The van der Waals surface area contributed by atoms with Crippen molar-refractivity contribution in [2.45, 2.75) is 24.7 Å². The largest absolute Gasteiger partial charge is 0.397 e. The van der Waals surface area contributed by atoms with Crippen molar-refractivity contribution in [3.05, 3.63) is 18.2 Å². The maximum Gasteiger partial charge on any atom is 0.240 e. The highest BCUT2D eigenvalue weighted by Gasteiger charge is 2.16. The van der Waals surface area contributed by atoms with Gasteiger partial charge in [-0.3, -0.25) is 0 Å². The number of anilines is 2. The Labute approximate surface area is 126 Å². The summed E-state index contributed by atoms with van der Waals surface area (Å²) in [7, 11) is -3.46. The molecule has 0 radical (unpaired) electrons. The molecule has 0 bridgehead atoms. The van der Waals surface area contributed by atoms with E-state index in [9.17, 15) is 8.42 Å². The normalized spacial score (nSPS) is 16.8. The van der Waals surface area contributed by atoms with Gasteiger partial charge in [-0.05, 0) is 37.0 Å². The summed E-state index contributed by atoms with van der Waals surface area (Å²) in [6.07, 6.45) is 2.03. The Bertz CT molecular complexity index is 569. The summed E-state index contributed by atoms with van der Waals surface area (Å²) >= 11 is 0. The van der Waals surface area contributed by atoms with Gasteiger partial charge in [0, 0.05) is 26.3 Å². The van der Waals surface area contributed by atoms with Crippen molar-refractivity contribution in [1.82, 2.24) is 4.72 Å². The molecule has 1 heterocycles. The number of ether oxygens (including phenoxy) is 1. The lowest BCUT2D eigenvalue weighted by Gasteiger charge is -2.23. The molecule has 0 aromatic heterocycles. The second kappa shape index (κ2) is 7.11. The fourth-order valence-corrected chi connectivity index (χ4v) is 3.40. The van der Waals surface area contributed by atoms with Crippen LogP contribution in [0.25, 0.3) is 0 Å². The van der Waals surface area contributed by atoms with E-state index in [4.69, 9.17) is 10.5 Å². The smallest absolute Gasteiger partial charge is 0.240 e. The predicted octanol–water partition coefficient (Wildman–Crippen LogP) is 1.41. The van der Waals surface area contributed by atoms with Crippen LogP contribution in [0.4, 0.5) is 11.4 Å².